The number of amides is 2. The first kappa shape index (κ1) is 16.4. The molecule has 24 heavy (non-hydrogen) atoms. The molecule has 6 heteroatoms. The molecule has 2 heterocycles. The Labute approximate surface area is 141 Å². The van der Waals surface area contributed by atoms with Crippen LogP contribution >= 0.6 is 0 Å². The maximum Gasteiger partial charge on any atom is 0.324 e. The van der Waals surface area contributed by atoms with Crippen LogP contribution in [-0.2, 0) is 4.74 Å². The lowest BCUT2D eigenvalue weighted by atomic mass is 10.1. The van der Waals surface area contributed by atoms with E-state index in [0.717, 1.165) is 32.0 Å². The minimum atomic E-state index is -0.303. The molecule has 1 aliphatic rings. The number of pyridine rings is 1. The van der Waals surface area contributed by atoms with Crippen LogP contribution in [0.15, 0.2) is 48.7 Å². The highest BCUT2D eigenvalue weighted by atomic mass is 16.5. The van der Waals surface area contributed by atoms with Gasteiger partial charge in [0.15, 0.2) is 0 Å². The van der Waals surface area contributed by atoms with E-state index in [9.17, 15) is 4.79 Å². The van der Waals surface area contributed by atoms with E-state index in [2.05, 4.69) is 39.6 Å². The van der Waals surface area contributed by atoms with Gasteiger partial charge in [0.05, 0.1) is 13.2 Å². The topological polar surface area (TPSA) is 66.5 Å². The quantitative estimate of drug-likeness (QED) is 0.906. The van der Waals surface area contributed by atoms with Crippen molar-refractivity contribution >= 4 is 17.5 Å². The normalized spacial score (nSPS) is 16.4. The third-order valence-electron chi connectivity index (χ3n) is 4.15. The van der Waals surface area contributed by atoms with Crippen molar-refractivity contribution in [2.75, 3.05) is 36.9 Å². The van der Waals surface area contributed by atoms with Gasteiger partial charge in [0.2, 0.25) is 0 Å². The van der Waals surface area contributed by atoms with E-state index in [0.29, 0.717) is 11.9 Å². The molecule has 0 saturated carbocycles. The summed E-state index contributed by atoms with van der Waals surface area (Å²) < 4.78 is 5.40. The first-order valence-corrected chi connectivity index (χ1v) is 8.13. The Morgan fingerprint density at radius 3 is 2.54 bits per heavy atom. The number of benzene rings is 1. The van der Waals surface area contributed by atoms with Crippen LogP contribution in [0.5, 0.6) is 0 Å². The first-order chi connectivity index (χ1) is 11.7. The van der Waals surface area contributed by atoms with Gasteiger partial charge in [-0.1, -0.05) is 18.2 Å². The molecule has 0 unspecified atom stereocenters. The molecule has 1 saturated heterocycles. The van der Waals surface area contributed by atoms with Crippen LogP contribution in [0.2, 0.25) is 0 Å². The fraction of sp³-hybridized carbons (Fsp3) is 0.333. The molecular formula is C18H22N4O2. The zero-order valence-electron chi connectivity index (χ0n) is 13.7. The fourth-order valence-corrected chi connectivity index (χ4v) is 2.74. The van der Waals surface area contributed by atoms with Crippen LogP contribution < -0.4 is 10.6 Å². The number of carbonyl (C=O) groups is 1. The molecular weight excluding hydrogens is 304 g/mol. The number of hydrogen-bond acceptors (Lipinski definition) is 4. The van der Waals surface area contributed by atoms with Crippen molar-refractivity contribution in [2.45, 2.75) is 13.0 Å². The van der Waals surface area contributed by atoms with Crippen molar-refractivity contribution < 1.29 is 9.53 Å². The molecule has 0 radical (unpaired) electrons. The molecule has 3 rings (SSSR count). The molecule has 0 aliphatic carbocycles. The lowest BCUT2D eigenvalue weighted by Crippen LogP contribution is -2.38. The second-order valence-corrected chi connectivity index (χ2v) is 5.74. The number of ether oxygens (including phenoxy) is 1. The van der Waals surface area contributed by atoms with E-state index >= 15 is 0 Å². The van der Waals surface area contributed by atoms with Gasteiger partial charge in [0.1, 0.15) is 5.82 Å². The van der Waals surface area contributed by atoms with Crippen LogP contribution in [0.3, 0.4) is 0 Å². The highest BCUT2D eigenvalue weighted by Crippen LogP contribution is 2.22. The average Bonchev–Trinajstić information content (AvgIpc) is 2.63. The number of nitrogens with one attached hydrogen (secondary N) is 2. The van der Waals surface area contributed by atoms with Crippen LogP contribution in [-0.4, -0.2) is 42.2 Å². The molecule has 1 aromatic heterocycles. The number of nitrogens with zero attached hydrogens (tertiary/aromatic N) is 2. The Morgan fingerprint density at radius 1 is 1.12 bits per heavy atom. The molecule has 1 atom stereocenters. The Balaban J connectivity index is 1.57. The maximum absolute atomic E-state index is 12.0. The molecule has 2 N–H and O–H groups in total. The van der Waals surface area contributed by atoms with Gasteiger partial charge in [-0.3, -0.25) is 10.2 Å². The number of anilines is 2. The molecule has 1 fully saturated rings. The lowest BCUT2D eigenvalue weighted by Gasteiger charge is -2.32. The van der Waals surface area contributed by atoms with E-state index in [-0.39, 0.29) is 6.03 Å². The molecule has 0 bridgehead atoms. The van der Waals surface area contributed by atoms with Crippen LogP contribution in [0.1, 0.15) is 18.5 Å². The second kappa shape index (κ2) is 7.90. The number of carbonyl (C=O) groups excluding carboxylic acids is 1. The Bertz CT molecular complexity index is 654. The summed E-state index contributed by atoms with van der Waals surface area (Å²) in [6.07, 6.45) is 1.64. The highest BCUT2D eigenvalue weighted by molar-refractivity contribution is 5.99. The minimum absolute atomic E-state index is 0.303. The molecule has 2 aromatic rings. The van der Waals surface area contributed by atoms with Crippen molar-refractivity contribution in [1.29, 1.82) is 0 Å². The molecule has 2 amide bonds. The second-order valence-electron chi connectivity index (χ2n) is 5.74. The van der Waals surface area contributed by atoms with Gasteiger partial charge in [-0.25, -0.2) is 9.78 Å². The summed E-state index contributed by atoms with van der Waals surface area (Å²) in [5.41, 5.74) is 1.98. The van der Waals surface area contributed by atoms with Crippen molar-refractivity contribution in [1.82, 2.24) is 9.88 Å². The molecule has 1 aromatic carbocycles. The van der Waals surface area contributed by atoms with E-state index in [1.807, 2.05) is 18.2 Å². The third kappa shape index (κ3) is 4.31. The van der Waals surface area contributed by atoms with Gasteiger partial charge in [0, 0.05) is 31.0 Å². The van der Waals surface area contributed by atoms with Gasteiger partial charge < -0.3 is 10.1 Å². The van der Waals surface area contributed by atoms with Crippen LogP contribution in [0.4, 0.5) is 16.3 Å². The van der Waals surface area contributed by atoms with Crippen LogP contribution in [0, 0.1) is 0 Å². The summed E-state index contributed by atoms with van der Waals surface area (Å²) in [7, 11) is 0. The Hall–Kier alpha value is -2.44. The number of aromatic nitrogens is 1. The fourth-order valence-electron chi connectivity index (χ4n) is 2.74. The third-order valence-corrected chi connectivity index (χ3v) is 4.15. The minimum Gasteiger partial charge on any atom is -0.379 e. The van der Waals surface area contributed by atoms with E-state index in [1.165, 1.54) is 5.56 Å². The summed E-state index contributed by atoms with van der Waals surface area (Å²) in [5, 5.41) is 5.51. The summed E-state index contributed by atoms with van der Waals surface area (Å²) in [6, 6.07) is 13.4. The largest absolute Gasteiger partial charge is 0.379 e. The monoisotopic (exact) mass is 326 g/mol. The smallest absolute Gasteiger partial charge is 0.324 e. The summed E-state index contributed by atoms with van der Waals surface area (Å²) in [4.78, 5) is 18.4. The standard InChI is InChI=1S/C18H22N4O2/c1-14(22-10-12-24-13-11-22)15-5-7-16(8-6-15)20-18(23)21-17-4-2-3-9-19-17/h2-9,14H,10-13H2,1H3,(H2,19,20,21,23)/t14-/m0/s1. The number of rotatable bonds is 4. The van der Waals surface area contributed by atoms with Gasteiger partial charge in [0.25, 0.3) is 0 Å². The summed E-state index contributed by atoms with van der Waals surface area (Å²) >= 11 is 0. The zero-order chi connectivity index (χ0) is 16.8. The van der Waals surface area contributed by atoms with E-state index < -0.39 is 0 Å². The maximum atomic E-state index is 12.0. The van der Waals surface area contributed by atoms with Crippen molar-refractivity contribution in [3.05, 3.63) is 54.2 Å². The molecule has 0 spiro atoms. The van der Waals surface area contributed by atoms with E-state index in [4.69, 9.17) is 4.74 Å². The number of morpholine rings is 1. The zero-order valence-corrected chi connectivity index (χ0v) is 13.7. The van der Waals surface area contributed by atoms with Gasteiger partial charge in [-0.2, -0.15) is 0 Å². The van der Waals surface area contributed by atoms with Crippen molar-refractivity contribution in [3.8, 4) is 0 Å². The van der Waals surface area contributed by atoms with Gasteiger partial charge in [-0.15, -0.1) is 0 Å². The average molecular weight is 326 g/mol. The van der Waals surface area contributed by atoms with Gasteiger partial charge >= 0.3 is 6.03 Å². The molecule has 1 aliphatic heterocycles. The molecule has 6 nitrogen and oxygen atoms in total. The van der Waals surface area contributed by atoms with Gasteiger partial charge in [-0.05, 0) is 36.8 Å². The highest BCUT2D eigenvalue weighted by Gasteiger charge is 2.18. The Kier molecular flexibility index (Phi) is 5.40. The predicted molar refractivity (Wildman–Crippen MR) is 94.1 cm³/mol. The summed E-state index contributed by atoms with van der Waals surface area (Å²) in [5.74, 6) is 0.521. The first-order valence-electron chi connectivity index (χ1n) is 8.13. The Morgan fingerprint density at radius 2 is 1.88 bits per heavy atom. The SMILES string of the molecule is C[C@@H](c1ccc(NC(=O)Nc2ccccn2)cc1)N1CCOCC1. The van der Waals surface area contributed by atoms with Crippen LogP contribution in [0.25, 0.3) is 0 Å². The summed E-state index contributed by atoms with van der Waals surface area (Å²) in [6.45, 7) is 5.68. The van der Waals surface area contributed by atoms with E-state index in [1.54, 1.807) is 18.3 Å². The number of urea groups is 1. The molecule has 126 valence electrons. The van der Waals surface area contributed by atoms with Crippen molar-refractivity contribution in [3.63, 3.8) is 0 Å². The number of hydrogen-bond donors (Lipinski definition) is 2. The van der Waals surface area contributed by atoms with Crippen molar-refractivity contribution in [2.24, 2.45) is 0 Å². The predicted octanol–water partition coefficient (Wildman–Crippen LogP) is 3.12. The lowest BCUT2D eigenvalue weighted by molar-refractivity contribution is 0.0198.